The van der Waals surface area contributed by atoms with Gasteiger partial charge in [-0.15, -0.1) is 5.10 Å². The maximum atomic E-state index is 11.7. The van der Waals surface area contributed by atoms with Gasteiger partial charge in [0.15, 0.2) is 9.84 Å². The van der Waals surface area contributed by atoms with E-state index in [-0.39, 0.29) is 22.4 Å². The normalized spacial score (nSPS) is 19.9. The second kappa shape index (κ2) is 7.07. The molecule has 1 aromatic carbocycles. The van der Waals surface area contributed by atoms with Crippen molar-refractivity contribution >= 4 is 38.0 Å². The fraction of sp³-hybridized carbons (Fsp3) is 0.467. The predicted octanol–water partition coefficient (Wildman–Crippen LogP) is 3.10. The summed E-state index contributed by atoms with van der Waals surface area (Å²) in [5.74, 6) is 0.906. The zero-order valence-corrected chi connectivity index (χ0v) is 16.4. The third-order valence-corrected chi connectivity index (χ3v) is 6.66. The Hall–Kier alpha value is -1.03. The lowest BCUT2D eigenvalue weighted by Gasteiger charge is -2.25. The number of halogens is 1. The van der Waals surface area contributed by atoms with Gasteiger partial charge in [-0.3, -0.25) is 4.90 Å². The summed E-state index contributed by atoms with van der Waals surface area (Å²) >= 11 is 8.69. The van der Waals surface area contributed by atoms with Crippen LogP contribution in [0.5, 0.6) is 0 Å². The van der Waals surface area contributed by atoms with Crippen LogP contribution >= 0.6 is 28.1 Å². The Kier molecular flexibility index (Phi) is 5.24. The van der Waals surface area contributed by atoms with Crippen LogP contribution in [0.3, 0.4) is 0 Å². The van der Waals surface area contributed by atoms with Gasteiger partial charge in [-0.2, -0.15) is 0 Å². The summed E-state index contributed by atoms with van der Waals surface area (Å²) in [5, 5.41) is 4.45. The second-order valence-corrected chi connectivity index (χ2v) is 9.28. The van der Waals surface area contributed by atoms with Gasteiger partial charge in [0.1, 0.15) is 0 Å². The van der Waals surface area contributed by atoms with Crippen LogP contribution in [-0.4, -0.2) is 47.2 Å². The first-order valence-corrected chi connectivity index (χ1v) is 10.7. The number of sulfone groups is 1. The summed E-state index contributed by atoms with van der Waals surface area (Å²) in [6.07, 6.45) is 0.653. The maximum Gasteiger partial charge on any atom is 0.288 e. The Morgan fingerprint density at radius 2 is 2.29 bits per heavy atom. The third kappa shape index (κ3) is 3.96. The largest absolute Gasteiger partial charge is 0.409 e. The number of hydrogen-bond donors (Lipinski definition) is 0. The average Bonchev–Trinajstić information content (AvgIpc) is 3.07. The minimum absolute atomic E-state index is 0.00733. The van der Waals surface area contributed by atoms with Crippen LogP contribution in [0.4, 0.5) is 0 Å². The Morgan fingerprint density at radius 1 is 1.50 bits per heavy atom. The molecule has 0 N–H and O–H groups in total. The highest BCUT2D eigenvalue weighted by Crippen LogP contribution is 2.23. The minimum atomic E-state index is -2.92. The molecular weight excluding hydrogens is 414 g/mol. The van der Waals surface area contributed by atoms with Gasteiger partial charge in [-0.05, 0) is 43.4 Å². The van der Waals surface area contributed by atoms with E-state index in [1.807, 2.05) is 31.2 Å². The molecule has 0 aliphatic carbocycles. The highest BCUT2D eigenvalue weighted by Gasteiger charge is 2.32. The molecule has 2 heterocycles. The minimum Gasteiger partial charge on any atom is -0.409 e. The van der Waals surface area contributed by atoms with E-state index in [0.29, 0.717) is 19.0 Å². The lowest BCUT2D eigenvalue weighted by molar-refractivity contribution is 0.162. The molecule has 1 aliphatic rings. The van der Waals surface area contributed by atoms with E-state index in [9.17, 15) is 8.42 Å². The van der Waals surface area contributed by atoms with Gasteiger partial charge in [0, 0.05) is 16.1 Å². The smallest absolute Gasteiger partial charge is 0.288 e. The molecule has 0 spiro atoms. The van der Waals surface area contributed by atoms with Gasteiger partial charge in [0.2, 0.25) is 5.89 Å². The highest BCUT2D eigenvalue weighted by atomic mass is 79.9. The van der Waals surface area contributed by atoms with Gasteiger partial charge >= 0.3 is 0 Å². The molecule has 1 aromatic heterocycles. The van der Waals surface area contributed by atoms with Crippen molar-refractivity contribution in [1.29, 1.82) is 0 Å². The molecule has 0 amide bonds. The van der Waals surface area contributed by atoms with Gasteiger partial charge in [0.05, 0.1) is 18.2 Å². The van der Waals surface area contributed by atoms with Crippen LogP contribution in [0, 0.1) is 4.84 Å². The highest BCUT2D eigenvalue weighted by molar-refractivity contribution is 9.10. The molecule has 1 fully saturated rings. The second-order valence-electron chi connectivity index (χ2n) is 5.79. The third-order valence-electron chi connectivity index (χ3n) is 4.12. The number of rotatable bonds is 5. The van der Waals surface area contributed by atoms with E-state index >= 15 is 0 Å². The van der Waals surface area contributed by atoms with Crippen LogP contribution in [-0.2, 0) is 16.5 Å². The average molecular weight is 432 g/mol. The topological polar surface area (TPSA) is 68.3 Å². The van der Waals surface area contributed by atoms with Gasteiger partial charge in [-0.25, -0.2) is 13.1 Å². The van der Waals surface area contributed by atoms with Crippen molar-refractivity contribution in [2.75, 3.05) is 18.1 Å². The fourth-order valence-corrected chi connectivity index (χ4v) is 5.18. The van der Waals surface area contributed by atoms with E-state index in [1.165, 1.54) is 0 Å². The monoisotopic (exact) mass is 431 g/mol. The van der Waals surface area contributed by atoms with Crippen LogP contribution in [0.25, 0.3) is 11.5 Å². The Bertz CT molecular complexity index is 891. The van der Waals surface area contributed by atoms with Crippen molar-refractivity contribution in [2.24, 2.45) is 0 Å². The predicted molar refractivity (Wildman–Crippen MR) is 97.9 cm³/mol. The van der Waals surface area contributed by atoms with Crippen LogP contribution in [0.2, 0.25) is 0 Å². The van der Waals surface area contributed by atoms with Crippen molar-refractivity contribution < 1.29 is 12.8 Å². The fourth-order valence-electron chi connectivity index (χ4n) is 2.84. The Morgan fingerprint density at radius 3 is 2.92 bits per heavy atom. The lowest BCUT2D eigenvalue weighted by Crippen LogP contribution is -2.37. The molecule has 6 nitrogen and oxygen atoms in total. The van der Waals surface area contributed by atoms with Gasteiger partial charge in [-0.1, -0.05) is 28.9 Å². The zero-order valence-electron chi connectivity index (χ0n) is 13.2. The summed E-state index contributed by atoms with van der Waals surface area (Å²) in [6.45, 7) is 3.15. The molecule has 1 unspecified atom stereocenters. The summed E-state index contributed by atoms with van der Waals surface area (Å²) < 4.78 is 31.6. The molecule has 1 atom stereocenters. The number of aromatic nitrogens is 2. The molecule has 130 valence electrons. The van der Waals surface area contributed by atoms with E-state index in [0.717, 1.165) is 16.6 Å². The Balaban J connectivity index is 1.81. The first-order chi connectivity index (χ1) is 11.4. The first-order valence-electron chi connectivity index (χ1n) is 7.66. The summed E-state index contributed by atoms with van der Waals surface area (Å²) in [6, 6.07) is 7.64. The van der Waals surface area contributed by atoms with E-state index < -0.39 is 9.84 Å². The van der Waals surface area contributed by atoms with Crippen LogP contribution in [0.1, 0.15) is 13.3 Å². The van der Waals surface area contributed by atoms with Crippen molar-refractivity contribution in [1.82, 2.24) is 14.7 Å². The quantitative estimate of drug-likeness (QED) is 0.677. The molecule has 0 radical (unpaired) electrons. The van der Waals surface area contributed by atoms with Crippen molar-refractivity contribution in [3.8, 4) is 11.5 Å². The molecule has 0 bridgehead atoms. The van der Waals surface area contributed by atoms with E-state index in [4.69, 9.17) is 16.6 Å². The maximum absolute atomic E-state index is 11.7. The van der Waals surface area contributed by atoms with E-state index in [1.54, 1.807) is 4.68 Å². The van der Waals surface area contributed by atoms with Crippen molar-refractivity contribution in [2.45, 2.75) is 26.1 Å². The number of hydrogen-bond acceptors (Lipinski definition) is 6. The molecule has 2 aromatic rings. The summed E-state index contributed by atoms with van der Waals surface area (Å²) in [4.78, 5) is 2.36. The van der Waals surface area contributed by atoms with Crippen molar-refractivity contribution in [3.63, 3.8) is 0 Å². The lowest BCUT2D eigenvalue weighted by atomic mass is 10.2. The summed E-state index contributed by atoms with van der Waals surface area (Å²) in [5.41, 5.74) is 0.834. The first kappa shape index (κ1) is 17.8. The standard InChI is InChI=1S/C15H18BrN3O3S2/c1-2-18(13-6-7-24(20,21)9-13)10-19-15(23)22-14(17-19)11-4-3-5-12(16)8-11/h3-5,8,13H,2,6-7,9-10H2,1H3. The SMILES string of the molecule is CCN(Cn1nc(-c2cccc(Br)c2)oc1=S)C1CCS(=O)(=O)C1. The van der Waals surface area contributed by atoms with E-state index in [2.05, 4.69) is 25.9 Å². The van der Waals surface area contributed by atoms with Crippen LogP contribution < -0.4 is 0 Å². The Labute approximate surface area is 154 Å². The molecular formula is C15H18BrN3O3S2. The number of nitrogens with zero attached hydrogens (tertiary/aromatic N) is 3. The molecule has 3 rings (SSSR count). The summed E-state index contributed by atoms with van der Waals surface area (Å²) in [7, 11) is -2.92. The molecule has 1 saturated heterocycles. The van der Waals surface area contributed by atoms with Crippen LogP contribution in [0.15, 0.2) is 33.2 Å². The molecule has 1 aliphatic heterocycles. The van der Waals surface area contributed by atoms with Gasteiger partial charge < -0.3 is 4.42 Å². The van der Waals surface area contributed by atoms with Gasteiger partial charge in [0.25, 0.3) is 4.84 Å². The molecule has 24 heavy (non-hydrogen) atoms. The number of benzene rings is 1. The molecule has 9 heteroatoms. The van der Waals surface area contributed by atoms with Crippen molar-refractivity contribution in [3.05, 3.63) is 33.6 Å². The zero-order chi connectivity index (χ0) is 17.3. The molecule has 0 saturated carbocycles.